The third kappa shape index (κ3) is 3.49. The summed E-state index contributed by atoms with van der Waals surface area (Å²) in [6, 6.07) is 0. The van der Waals surface area contributed by atoms with E-state index in [1.807, 2.05) is 11.9 Å². The van der Waals surface area contributed by atoms with Gasteiger partial charge in [0, 0.05) is 6.54 Å². The predicted octanol–water partition coefficient (Wildman–Crippen LogP) is 1.06. The van der Waals surface area contributed by atoms with Crippen LogP contribution in [0.25, 0.3) is 0 Å². The molecular formula is C7H17NO. The molecule has 0 rings (SSSR count). The van der Waals surface area contributed by atoms with E-state index in [9.17, 15) is 5.11 Å². The van der Waals surface area contributed by atoms with E-state index in [0.29, 0.717) is 0 Å². The molecule has 56 valence electrons. The summed E-state index contributed by atoms with van der Waals surface area (Å²) in [4.78, 5) is 1.92. The molecule has 0 heterocycles. The van der Waals surface area contributed by atoms with Crippen molar-refractivity contribution in [3.63, 3.8) is 0 Å². The van der Waals surface area contributed by atoms with Gasteiger partial charge < -0.3 is 5.11 Å². The van der Waals surface area contributed by atoms with Crippen LogP contribution in [0.4, 0.5) is 0 Å². The molecule has 1 N–H and O–H groups in total. The zero-order valence-corrected chi connectivity index (χ0v) is 6.81. The van der Waals surface area contributed by atoms with Gasteiger partial charge in [-0.25, -0.2) is 0 Å². The molecule has 0 saturated heterocycles. The fraction of sp³-hybridized carbons (Fsp3) is 1.00. The second-order valence-corrected chi connectivity index (χ2v) is 2.92. The first-order valence-corrected chi connectivity index (χ1v) is 3.42. The van der Waals surface area contributed by atoms with Crippen LogP contribution in [0.1, 0.15) is 27.2 Å². The van der Waals surface area contributed by atoms with Gasteiger partial charge in [-0.2, -0.15) is 0 Å². The van der Waals surface area contributed by atoms with E-state index < -0.39 is 5.72 Å². The third-order valence-electron chi connectivity index (χ3n) is 1.49. The first kappa shape index (κ1) is 8.92. The van der Waals surface area contributed by atoms with Gasteiger partial charge in [-0.1, -0.05) is 6.92 Å². The minimum Gasteiger partial charge on any atom is -0.376 e. The topological polar surface area (TPSA) is 23.5 Å². The third-order valence-corrected chi connectivity index (χ3v) is 1.49. The Labute approximate surface area is 57.5 Å². The molecule has 2 heteroatoms. The molecule has 0 atom stereocenters. The molecule has 0 aromatic carbocycles. The van der Waals surface area contributed by atoms with Crippen LogP contribution in [0, 0.1) is 0 Å². The Bertz CT molecular complexity index is 75.5. The van der Waals surface area contributed by atoms with Crippen molar-refractivity contribution in [1.29, 1.82) is 0 Å². The molecule has 9 heavy (non-hydrogen) atoms. The standard InChI is InChI=1S/C7H17NO/c1-5-6-8(4)7(2,3)9/h9H,5-6H2,1-4H3. The largest absolute Gasteiger partial charge is 0.376 e. The second kappa shape index (κ2) is 3.18. The Morgan fingerprint density at radius 2 is 1.89 bits per heavy atom. The summed E-state index contributed by atoms with van der Waals surface area (Å²) in [5.74, 6) is 0. The fourth-order valence-electron chi connectivity index (χ4n) is 0.609. The highest BCUT2D eigenvalue weighted by atomic mass is 16.3. The zero-order valence-electron chi connectivity index (χ0n) is 6.81. The lowest BCUT2D eigenvalue weighted by Gasteiger charge is -2.29. The molecule has 0 aliphatic carbocycles. The van der Waals surface area contributed by atoms with Gasteiger partial charge >= 0.3 is 0 Å². The van der Waals surface area contributed by atoms with E-state index in [4.69, 9.17) is 0 Å². The lowest BCUT2D eigenvalue weighted by atomic mass is 10.2. The number of hydrogen-bond donors (Lipinski definition) is 1. The summed E-state index contributed by atoms with van der Waals surface area (Å²) >= 11 is 0. The van der Waals surface area contributed by atoms with Gasteiger partial charge in [-0.3, -0.25) is 4.90 Å². The highest BCUT2D eigenvalue weighted by Crippen LogP contribution is 2.06. The van der Waals surface area contributed by atoms with Crippen molar-refractivity contribution in [3.05, 3.63) is 0 Å². The minimum absolute atomic E-state index is 0.657. The molecule has 0 radical (unpaired) electrons. The van der Waals surface area contributed by atoms with Crippen LogP contribution in [0.5, 0.6) is 0 Å². The SMILES string of the molecule is CCCN(C)C(C)(C)O. The molecule has 0 spiro atoms. The van der Waals surface area contributed by atoms with Crippen molar-refractivity contribution in [2.45, 2.75) is 32.9 Å². The molecule has 2 nitrogen and oxygen atoms in total. The van der Waals surface area contributed by atoms with Crippen LogP contribution in [-0.4, -0.2) is 29.3 Å². The van der Waals surface area contributed by atoms with Crippen LogP contribution >= 0.6 is 0 Å². The normalized spacial score (nSPS) is 12.7. The molecule has 0 aliphatic rings. The van der Waals surface area contributed by atoms with Crippen LogP contribution in [0.3, 0.4) is 0 Å². The van der Waals surface area contributed by atoms with Crippen molar-refractivity contribution >= 4 is 0 Å². The average Bonchev–Trinajstić information content (AvgIpc) is 1.64. The van der Waals surface area contributed by atoms with Gasteiger partial charge in [0.1, 0.15) is 5.72 Å². The lowest BCUT2D eigenvalue weighted by molar-refractivity contribution is -0.0628. The van der Waals surface area contributed by atoms with E-state index in [2.05, 4.69) is 6.92 Å². The Morgan fingerprint density at radius 1 is 1.44 bits per heavy atom. The highest BCUT2D eigenvalue weighted by molar-refractivity contribution is 4.63. The average molecular weight is 131 g/mol. The Balaban J connectivity index is 3.59. The first-order valence-electron chi connectivity index (χ1n) is 3.42. The Morgan fingerprint density at radius 3 is 2.00 bits per heavy atom. The molecule has 0 saturated carbocycles. The van der Waals surface area contributed by atoms with Gasteiger partial charge in [0.05, 0.1) is 0 Å². The Kier molecular flexibility index (Phi) is 3.15. The van der Waals surface area contributed by atoms with Crippen LogP contribution in [-0.2, 0) is 0 Å². The van der Waals surface area contributed by atoms with Crippen molar-refractivity contribution in [2.75, 3.05) is 13.6 Å². The summed E-state index contributed by atoms with van der Waals surface area (Å²) in [6.45, 7) is 6.64. The van der Waals surface area contributed by atoms with Gasteiger partial charge in [-0.05, 0) is 27.3 Å². The smallest absolute Gasteiger partial charge is 0.112 e. The molecule has 0 amide bonds. The van der Waals surface area contributed by atoms with E-state index in [-0.39, 0.29) is 0 Å². The predicted molar refractivity (Wildman–Crippen MR) is 39.2 cm³/mol. The summed E-state index contributed by atoms with van der Waals surface area (Å²) in [5, 5.41) is 9.34. The van der Waals surface area contributed by atoms with Crippen LogP contribution in [0.15, 0.2) is 0 Å². The summed E-state index contributed by atoms with van der Waals surface area (Å²) in [6.07, 6.45) is 1.08. The van der Waals surface area contributed by atoms with Crippen molar-refractivity contribution in [1.82, 2.24) is 4.90 Å². The van der Waals surface area contributed by atoms with Crippen LogP contribution < -0.4 is 0 Å². The highest BCUT2D eigenvalue weighted by Gasteiger charge is 2.17. The first-order chi connectivity index (χ1) is 3.98. The summed E-state index contributed by atoms with van der Waals surface area (Å²) in [7, 11) is 1.92. The molecule has 0 unspecified atom stereocenters. The second-order valence-electron chi connectivity index (χ2n) is 2.92. The quantitative estimate of drug-likeness (QED) is 0.579. The molecular weight excluding hydrogens is 114 g/mol. The Hall–Kier alpha value is -0.0800. The number of rotatable bonds is 3. The summed E-state index contributed by atoms with van der Waals surface area (Å²) in [5.41, 5.74) is -0.657. The maximum atomic E-state index is 9.34. The number of aliphatic hydroxyl groups is 1. The monoisotopic (exact) mass is 131 g/mol. The molecule has 0 fully saturated rings. The van der Waals surface area contributed by atoms with E-state index >= 15 is 0 Å². The zero-order chi connectivity index (χ0) is 7.49. The number of hydrogen-bond acceptors (Lipinski definition) is 2. The maximum Gasteiger partial charge on any atom is 0.112 e. The fourth-order valence-corrected chi connectivity index (χ4v) is 0.609. The van der Waals surface area contributed by atoms with Gasteiger partial charge in [0.25, 0.3) is 0 Å². The van der Waals surface area contributed by atoms with Gasteiger partial charge in [0.15, 0.2) is 0 Å². The molecule has 0 bridgehead atoms. The van der Waals surface area contributed by atoms with E-state index in [1.54, 1.807) is 13.8 Å². The number of nitrogens with zero attached hydrogens (tertiary/aromatic N) is 1. The lowest BCUT2D eigenvalue weighted by Crippen LogP contribution is -2.41. The van der Waals surface area contributed by atoms with E-state index in [1.165, 1.54) is 0 Å². The minimum atomic E-state index is -0.657. The van der Waals surface area contributed by atoms with Crippen molar-refractivity contribution in [3.8, 4) is 0 Å². The molecule has 0 aliphatic heterocycles. The summed E-state index contributed by atoms with van der Waals surface area (Å²) < 4.78 is 0. The van der Waals surface area contributed by atoms with Crippen molar-refractivity contribution < 1.29 is 5.11 Å². The molecule has 0 aromatic heterocycles. The van der Waals surface area contributed by atoms with E-state index in [0.717, 1.165) is 13.0 Å². The van der Waals surface area contributed by atoms with Crippen molar-refractivity contribution in [2.24, 2.45) is 0 Å². The van der Waals surface area contributed by atoms with Crippen LogP contribution in [0.2, 0.25) is 0 Å². The molecule has 0 aromatic rings. The maximum absolute atomic E-state index is 9.34. The van der Waals surface area contributed by atoms with Gasteiger partial charge in [0.2, 0.25) is 0 Å². The van der Waals surface area contributed by atoms with Gasteiger partial charge in [-0.15, -0.1) is 0 Å².